The van der Waals surface area contributed by atoms with E-state index in [-0.39, 0.29) is 16.5 Å². The summed E-state index contributed by atoms with van der Waals surface area (Å²) < 4.78 is 31.1. The van der Waals surface area contributed by atoms with E-state index in [4.69, 9.17) is 11.6 Å². The van der Waals surface area contributed by atoms with Crippen LogP contribution in [0.25, 0.3) is 0 Å². The molecule has 0 aliphatic rings. The molecule has 1 rings (SSSR count). The van der Waals surface area contributed by atoms with Gasteiger partial charge in [0.05, 0.1) is 4.90 Å². The van der Waals surface area contributed by atoms with Crippen molar-refractivity contribution in [3.63, 3.8) is 0 Å². The van der Waals surface area contributed by atoms with Crippen LogP contribution in [-0.4, -0.2) is 27.5 Å². The molecule has 0 saturated heterocycles. The lowest BCUT2D eigenvalue weighted by Crippen LogP contribution is -2.30. The fourth-order valence-corrected chi connectivity index (χ4v) is 2.70. The predicted octanol–water partition coefficient (Wildman–Crippen LogP) is 2.02. The zero-order valence-corrected chi connectivity index (χ0v) is 12.9. The van der Waals surface area contributed by atoms with Crippen LogP contribution in [0.1, 0.15) is 0 Å². The quantitative estimate of drug-likeness (QED) is 0.780. The van der Waals surface area contributed by atoms with Gasteiger partial charge in [-0.2, -0.15) is 4.72 Å². The first-order valence-electron chi connectivity index (χ1n) is 5.05. The molecule has 8 heteroatoms. The number of sulfonamides is 1. The molecule has 19 heavy (non-hydrogen) atoms. The normalized spacial score (nSPS) is 11.1. The molecule has 0 aromatic heterocycles. The molecule has 1 aromatic carbocycles. The van der Waals surface area contributed by atoms with Gasteiger partial charge in [-0.3, -0.25) is 4.79 Å². The highest BCUT2D eigenvalue weighted by Crippen LogP contribution is 2.15. The van der Waals surface area contributed by atoms with Crippen molar-refractivity contribution >= 4 is 43.5 Å². The average molecular weight is 369 g/mol. The molecule has 0 bridgehead atoms. The Morgan fingerprint density at radius 2 is 2.16 bits per heavy atom. The molecule has 0 aliphatic carbocycles. The van der Waals surface area contributed by atoms with Crippen molar-refractivity contribution in [3.05, 3.63) is 40.3 Å². The molecule has 0 amide bonds. The van der Waals surface area contributed by atoms with Crippen LogP contribution in [0.4, 0.5) is 0 Å². The minimum atomic E-state index is -3.75. The number of carbonyl (C=O) groups excluding carboxylic acids is 1. The van der Waals surface area contributed by atoms with E-state index in [1.807, 2.05) is 0 Å². The Hall–Kier alpha value is -0.890. The maximum atomic E-state index is 11.8. The second kappa shape index (κ2) is 7.04. The largest absolute Gasteiger partial charge is 0.459 e. The molecule has 0 radical (unpaired) electrons. The fourth-order valence-electron chi connectivity index (χ4n) is 1.08. The molecule has 0 fully saturated rings. The third kappa shape index (κ3) is 5.73. The first kappa shape index (κ1) is 16.2. The van der Waals surface area contributed by atoms with Gasteiger partial charge in [-0.15, -0.1) is 0 Å². The molecular weight excluding hydrogens is 358 g/mol. The van der Waals surface area contributed by atoms with Crippen LogP contribution in [0.3, 0.4) is 0 Å². The summed E-state index contributed by atoms with van der Waals surface area (Å²) in [6.07, 6.45) is 0. The van der Waals surface area contributed by atoms with Gasteiger partial charge in [-0.05, 0) is 18.2 Å². The van der Waals surface area contributed by atoms with Crippen molar-refractivity contribution in [3.8, 4) is 0 Å². The molecular formula is C11H11BrClNO4S. The third-order valence-corrected chi connectivity index (χ3v) is 3.90. The van der Waals surface area contributed by atoms with Gasteiger partial charge in [0.25, 0.3) is 0 Å². The zero-order valence-electron chi connectivity index (χ0n) is 9.73. The van der Waals surface area contributed by atoms with Crippen LogP contribution in [-0.2, 0) is 19.6 Å². The number of benzene rings is 1. The van der Waals surface area contributed by atoms with Crippen LogP contribution in [0.5, 0.6) is 0 Å². The number of nitrogens with one attached hydrogen (secondary N) is 1. The molecule has 0 atom stereocenters. The summed E-state index contributed by atoms with van der Waals surface area (Å²) in [5.74, 6) is -0.736. The lowest BCUT2D eigenvalue weighted by molar-refractivity contribution is -0.141. The lowest BCUT2D eigenvalue weighted by Gasteiger charge is -2.07. The summed E-state index contributed by atoms with van der Waals surface area (Å²) in [5.41, 5.74) is 0. The molecule has 1 N–H and O–H groups in total. The van der Waals surface area contributed by atoms with Crippen molar-refractivity contribution < 1.29 is 17.9 Å². The second-order valence-corrected chi connectivity index (χ2v) is 6.68. The summed E-state index contributed by atoms with van der Waals surface area (Å²) in [6, 6.07) is 6.11. The van der Waals surface area contributed by atoms with Gasteiger partial charge >= 0.3 is 5.97 Å². The summed E-state index contributed by atoms with van der Waals surface area (Å²) in [7, 11) is -3.75. The molecule has 1 aromatic rings. The molecule has 0 unspecified atom stereocenters. The van der Waals surface area contributed by atoms with Gasteiger partial charge < -0.3 is 4.74 Å². The Labute approximate surface area is 124 Å². The summed E-state index contributed by atoms with van der Waals surface area (Å²) in [5, 5.41) is 0.156. The van der Waals surface area contributed by atoms with E-state index < -0.39 is 22.5 Å². The lowest BCUT2D eigenvalue weighted by atomic mass is 10.4. The molecule has 104 valence electrons. The van der Waals surface area contributed by atoms with E-state index in [1.54, 1.807) is 12.1 Å². The highest BCUT2D eigenvalue weighted by Gasteiger charge is 2.16. The van der Waals surface area contributed by atoms with E-state index in [2.05, 4.69) is 32.0 Å². The van der Waals surface area contributed by atoms with Crippen LogP contribution in [0.2, 0.25) is 0 Å². The minimum Gasteiger partial charge on any atom is -0.459 e. The monoisotopic (exact) mass is 367 g/mol. The number of hydrogen-bond donors (Lipinski definition) is 1. The zero-order chi connectivity index (χ0) is 14.5. The van der Waals surface area contributed by atoms with Gasteiger partial charge in [0.2, 0.25) is 10.0 Å². The highest BCUT2D eigenvalue weighted by atomic mass is 79.9. The van der Waals surface area contributed by atoms with Crippen molar-refractivity contribution in [1.82, 2.24) is 4.72 Å². The van der Waals surface area contributed by atoms with Crippen LogP contribution in [0.15, 0.2) is 45.2 Å². The third-order valence-electron chi connectivity index (χ3n) is 1.90. The maximum absolute atomic E-state index is 11.8. The average Bonchev–Trinajstić information content (AvgIpc) is 2.34. The standard InChI is InChI=1S/C11H11BrClNO4S/c1-8(13)7-18-11(15)6-14-19(16,17)10-4-2-3-9(12)5-10/h2-5,14H,1,6-7H2. The van der Waals surface area contributed by atoms with Gasteiger partial charge in [-0.1, -0.05) is 40.2 Å². The first-order valence-corrected chi connectivity index (χ1v) is 7.71. The van der Waals surface area contributed by atoms with Gasteiger partial charge in [0.15, 0.2) is 0 Å². The Bertz CT molecular complexity index is 588. The second-order valence-electron chi connectivity index (χ2n) is 3.46. The van der Waals surface area contributed by atoms with Gasteiger partial charge in [0.1, 0.15) is 13.2 Å². The van der Waals surface area contributed by atoms with Gasteiger partial charge in [-0.25, -0.2) is 8.42 Å². The fraction of sp³-hybridized carbons (Fsp3) is 0.182. The number of ether oxygens (including phenoxy) is 1. The van der Waals surface area contributed by atoms with E-state index in [1.165, 1.54) is 12.1 Å². The molecule has 0 heterocycles. The van der Waals surface area contributed by atoms with Crippen LogP contribution >= 0.6 is 27.5 Å². The predicted molar refractivity (Wildman–Crippen MR) is 75.3 cm³/mol. The van der Waals surface area contributed by atoms with Crippen molar-refractivity contribution in [1.29, 1.82) is 0 Å². The Morgan fingerprint density at radius 3 is 2.74 bits per heavy atom. The van der Waals surface area contributed by atoms with E-state index in [0.29, 0.717) is 4.47 Å². The molecule has 0 spiro atoms. The number of hydrogen-bond acceptors (Lipinski definition) is 4. The molecule has 0 aliphatic heterocycles. The summed E-state index contributed by atoms with van der Waals surface area (Å²) >= 11 is 8.58. The molecule has 0 saturated carbocycles. The number of halogens is 2. The van der Waals surface area contributed by atoms with Crippen molar-refractivity contribution in [2.75, 3.05) is 13.2 Å². The van der Waals surface area contributed by atoms with Crippen LogP contribution < -0.4 is 4.72 Å². The highest BCUT2D eigenvalue weighted by molar-refractivity contribution is 9.10. The van der Waals surface area contributed by atoms with E-state index in [0.717, 1.165) is 0 Å². The first-order chi connectivity index (χ1) is 8.81. The van der Waals surface area contributed by atoms with Gasteiger partial charge in [0, 0.05) is 9.51 Å². The smallest absolute Gasteiger partial charge is 0.321 e. The summed E-state index contributed by atoms with van der Waals surface area (Å²) in [6.45, 7) is 2.71. The topological polar surface area (TPSA) is 72.5 Å². The van der Waals surface area contributed by atoms with Crippen LogP contribution in [0, 0.1) is 0 Å². The Morgan fingerprint density at radius 1 is 1.47 bits per heavy atom. The van der Waals surface area contributed by atoms with Crippen molar-refractivity contribution in [2.24, 2.45) is 0 Å². The van der Waals surface area contributed by atoms with E-state index >= 15 is 0 Å². The van der Waals surface area contributed by atoms with E-state index in [9.17, 15) is 13.2 Å². The maximum Gasteiger partial charge on any atom is 0.321 e. The van der Waals surface area contributed by atoms with Crippen molar-refractivity contribution in [2.45, 2.75) is 4.90 Å². The Kier molecular flexibility index (Phi) is 5.99. The number of carbonyl (C=O) groups is 1. The number of esters is 1. The minimum absolute atomic E-state index is 0.0522. The Balaban J connectivity index is 2.61. The summed E-state index contributed by atoms with van der Waals surface area (Å²) in [4.78, 5) is 11.3. The SMILES string of the molecule is C=C(Cl)COC(=O)CNS(=O)(=O)c1cccc(Br)c1. The number of rotatable bonds is 6. The molecule has 5 nitrogen and oxygen atoms in total.